The average Bonchev–Trinajstić information content (AvgIpc) is 2.38. The highest BCUT2D eigenvalue weighted by Gasteiger charge is 2.07. The lowest BCUT2D eigenvalue weighted by Gasteiger charge is -2.13. The van der Waals surface area contributed by atoms with Crippen molar-refractivity contribution in [3.63, 3.8) is 0 Å². The first-order valence-electron chi connectivity index (χ1n) is 6.06. The van der Waals surface area contributed by atoms with E-state index < -0.39 is 0 Å². The van der Waals surface area contributed by atoms with Gasteiger partial charge in [0.15, 0.2) is 0 Å². The predicted octanol–water partition coefficient (Wildman–Crippen LogP) is 3.10. The molecule has 0 unspecified atom stereocenters. The van der Waals surface area contributed by atoms with Crippen molar-refractivity contribution in [2.45, 2.75) is 26.8 Å². The van der Waals surface area contributed by atoms with Gasteiger partial charge in [0.05, 0.1) is 5.69 Å². The van der Waals surface area contributed by atoms with E-state index in [4.69, 9.17) is 0 Å². The first-order valence-corrected chi connectivity index (χ1v) is 6.06. The Morgan fingerprint density at radius 2 is 1.76 bits per heavy atom. The topological polar surface area (TPSA) is 22.0 Å². The number of hydrogen-bond donors (Lipinski definition) is 0. The van der Waals surface area contributed by atoms with Gasteiger partial charge in [0, 0.05) is 18.2 Å². The number of rotatable bonds is 3. The van der Waals surface area contributed by atoms with Crippen molar-refractivity contribution in [2.24, 2.45) is 0 Å². The molecule has 2 aromatic rings. The van der Waals surface area contributed by atoms with Crippen LogP contribution in [0.25, 0.3) is 11.3 Å². The summed E-state index contributed by atoms with van der Waals surface area (Å²) in [5, 5.41) is 0. The van der Waals surface area contributed by atoms with Crippen molar-refractivity contribution < 1.29 is 0 Å². The minimum atomic E-state index is 0.0657. The molecule has 0 spiro atoms. The van der Waals surface area contributed by atoms with E-state index in [1.165, 1.54) is 5.56 Å². The number of nitrogens with zero attached hydrogens (tertiary/aromatic N) is 1. The Morgan fingerprint density at radius 1 is 1.00 bits per heavy atom. The zero-order valence-electron chi connectivity index (χ0n) is 10.3. The van der Waals surface area contributed by atoms with Crippen LogP contribution in [0.5, 0.6) is 0 Å². The van der Waals surface area contributed by atoms with Gasteiger partial charge in [-0.1, -0.05) is 37.3 Å². The Labute approximate surface area is 102 Å². The Bertz CT molecular complexity index is 569. The van der Waals surface area contributed by atoms with Crippen molar-refractivity contribution in [1.29, 1.82) is 0 Å². The van der Waals surface area contributed by atoms with Crippen LogP contribution in [0, 0.1) is 0 Å². The summed E-state index contributed by atoms with van der Waals surface area (Å²) >= 11 is 0. The van der Waals surface area contributed by atoms with Gasteiger partial charge in [-0.05, 0) is 25.0 Å². The summed E-state index contributed by atoms with van der Waals surface area (Å²) in [7, 11) is 0. The van der Waals surface area contributed by atoms with Crippen molar-refractivity contribution >= 4 is 0 Å². The molecule has 88 valence electrons. The summed E-state index contributed by atoms with van der Waals surface area (Å²) in [6.07, 6.45) is 0.975. The summed E-state index contributed by atoms with van der Waals surface area (Å²) in [5.41, 5.74) is 3.52. The first-order chi connectivity index (χ1) is 8.27. The number of aryl methyl sites for hydroxylation is 1. The van der Waals surface area contributed by atoms with E-state index in [9.17, 15) is 4.79 Å². The van der Waals surface area contributed by atoms with Gasteiger partial charge < -0.3 is 4.57 Å². The van der Waals surface area contributed by atoms with Gasteiger partial charge in [-0.2, -0.15) is 0 Å². The molecule has 0 aliphatic rings. The van der Waals surface area contributed by atoms with Gasteiger partial charge >= 0.3 is 0 Å². The molecule has 2 rings (SSSR count). The lowest BCUT2D eigenvalue weighted by Crippen LogP contribution is -2.19. The molecule has 17 heavy (non-hydrogen) atoms. The van der Waals surface area contributed by atoms with Crippen LogP contribution in [0.4, 0.5) is 0 Å². The fourth-order valence-corrected chi connectivity index (χ4v) is 2.16. The molecule has 0 aliphatic carbocycles. The summed E-state index contributed by atoms with van der Waals surface area (Å²) in [6.45, 7) is 4.84. The highest BCUT2D eigenvalue weighted by molar-refractivity contribution is 5.64. The number of benzene rings is 1. The third kappa shape index (κ3) is 2.16. The van der Waals surface area contributed by atoms with Crippen molar-refractivity contribution in [3.8, 4) is 11.3 Å². The van der Waals surface area contributed by atoms with Crippen molar-refractivity contribution in [2.75, 3.05) is 0 Å². The van der Waals surface area contributed by atoms with Gasteiger partial charge in [-0.3, -0.25) is 4.79 Å². The minimum Gasteiger partial charge on any atom is -0.309 e. The number of hydrogen-bond acceptors (Lipinski definition) is 1. The third-order valence-corrected chi connectivity index (χ3v) is 3.04. The van der Waals surface area contributed by atoms with E-state index in [1.54, 1.807) is 6.07 Å². The molecule has 0 saturated heterocycles. The summed E-state index contributed by atoms with van der Waals surface area (Å²) < 4.78 is 1.81. The van der Waals surface area contributed by atoms with Crippen LogP contribution in [-0.2, 0) is 13.0 Å². The molecule has 1 aromatic carbocycles. The maximum atomic E-state index is 11.8. The lowest BCUT2D eigenvalue weighted by molar-refractivity contribution is 0.735. The van der Waals surface area contributed by atoms with Crippen molar-refractivity contribution in [1.82, 2.24) is 4.57 Å². The molecule has 0 bridgehead atoms. The van der Waals surface area contributed by atoms with Crippen LogP contribution in [0.1, 0.15) is 19.4 Å². The largest absolute Gasteiger partial charge is 0.309 e. The normalized spacial score (nSPS) is 10.5. The van der Waals surface area contributed by atoms with Crippen LogP contribution >= 0.6 is 0 Å². The SMILES string of the molecule is CCc1ccccc1-c1cccc(=O)n1CC. The van der Waals surface area contributed by atoms with E-state index in [0.29, 0.717) is 6.54 Å². The molecule has 0 N–H and O–H groups in total. The zero-order valence-corrected chi connectivity index (χ0v) is 10.3. The second-order valence-electron chi connectivity index (χ2n) is 4.00. The van der Waals surface area contributed by atoms with Crippen LogP contribution < -0.4 is 5.56 Å². The maximum Gasteiger partial charge on any atom is 0.250 e. The molecule has 2 heteroatoms. The Balaban J connectivity index is 2.68. The van der Waals surface area contributed by atoms with Crippen LogP contribution in [0.15, 0.2) is 47.3 Å². The summed E-state index contributed by atoms with van der Waals surface area (Å²) in [6, 6.07) is 13.7. The molecule has 1 heterocycles. The van der Waals surface area contributed by atoms with Gasteiger partial charge in [0.1, 0.15) is 0 Å². The predicted molar refractivity (Wildman–Crippen MR) is 71.2 cm³/mol. The fourth-order valence-electron chi connectivity index (χ4n) is 2.16. The van der Waals surface area contributed by atoms with Crippen LogP contribution in [0.2, 0.25) is 0 Å². The number of aromatic nitrogens is 1. The fraction of sp³-hybridized carbons (Fsp3) is 0.267. The minimum absolute atomic E-state index is 0.0657. The molecular weight excluding hydrogens is 210 g/mol. The lowest BCUT2D eigenvalue weighted by atomic mass is 10.0. The average molecular weight is 227 g/mol. The Kier molecular flexibility index (Phi) is 3.43. The molecule has 2 nitrogen and oxygen atoms in total. The third-order valence-electron chi connectivity index (χ3n) is 3.04. The Morgan fingerprint density at radius 3 is 2.47 bits per heavy atom. The van der Waals surface area contributed by atoms with E-state index in [-0.39, 0.29) is 5.56 Å². The Hall–Kier alpha value is -1.83. The summed E-state index contributed by atoms with van der Waals surface area (Å²) in [5.74, 6) is 0. The maximum absolute atomic E-state index is 11.8. The molecule has 0 fully saturated rings. The van der Waals surface area contributed by atoms with Crippen LogP contribution in [0.3, 0.4) is 0 Å². The zero-order chi connectivity index (χ0) is 12.3. The highest BCUT2D eigenvalue weighted by atomic mass is 16.1. The first kappa shape index (κ1) is 11.6. The second-order valence-corrected chi connectivity index (χ2v) is 4.00. The molecule has 0 atom stereocenters. The van der Waals surface area contributed by atoms with E-state index in [1.807, 2.05) is 35.8 Å². The van der Waals surface area contributed by atoms with Gasteiger partial charge in [-0.25, -0.2) is 0 Å². The van der Waals surface area contributed by atoms with Crippen LogP contribution in [-0.4, -0.2) is 4.57 Å². The van der Waals surface area contributed by atoms with Gasteiger partial charge in [-0.15, -0.1) is 0 Å². The molecule has 0 amide bonds. The molecular formula is C15H17NO. The second kappa shape index (κ2) is 5.00. The smallest absolute Gasteiger partial charge is 0.250 e. The van der Waals surface area contributed by atoms with Gasteiger partial charge in [0.25, 0.3) is 5.56 Å². The highest BCUT2D eigenvalue weighted by Crippen LogP contribution is 2.22. The monoisotopic (exact) mass is 227 g/mol. The van der Waals surface area contributed by atoms with Crippen molar-refractivity contribution in [3.05, 3.63) is 58.4 Å². The molecule has 0 saturated carbocycles. The quantitative estimate of drug-likeness (QED) is 0.789. The van der Waals surface area contributed by atoms with Gasteiger partial charge in [0.2, 0.25) is 0 Å². The van der Waals surface area contributed by atoms with E-state index in [0.717, 1.165) is 17.7 Å². The van der Waals surface area contributed by atoms with E-state index in [2.05, 4.69) is 19.1 Å². The summed E-state index contributed by atoms with van der Waals surface area (Å²) in [4.78, 5) is 11.8. The molecule has 1 aromatic heterocycles. The van der Waals surface area contributed by atoms with E-state index >= 15 is 0 Å². The standard InChI is InChI=1S/C15H17NO/c1-3-12-8-5-6-9-13(12)14-10-7-11-15(17)16(14)4-2/h5-11H,3-4H2,1-2H3. The number of pyridine rings is 1. The molecule has 0 aliphatic heterocycles. The molecule has 0 radical (unpaired) electrons.